The molecule has 1 fully saturated rings. The second-order valence-electron chi connectivity index (χ2n) is 8.87. The second-order valence-corrected chi connectivity index (χ2v) is 8.87. The number of carbonyl (C=O) groups excluding carboxylic acids is 1. The van der Waals surface area contributed by atoms with Crippen LogP contribution in [0.25, 0.3) is 11.4 Å². The summed E-state index contributed by atoms with van der Waals surface area (Å²) in [4.78, 5) is 27.9. The Labute approximate surface area is 177 Å². The first-order valence-electron chi connectivity index (χ1n) is 10.6. The van der Waals surface area contributed by atoms with Crippen LogP contribution in [0.15, 0.2) is 47.7 Å². The second kappa shape index (κ2) is 8.42. The molecule has 2 aliphatic rings. The third kappa shape index (κ3) is 4.78. The molecule has 1 amide bonds. The number of benzene rings is 1. The molecule has 0 saturated carbocycles. The molecule has 1 atom stereocenters. The van der Waals surface area contributed by atoms with Crippen molar-refractivity contribution < 1.29 is 9.53 Å². The number of amides is 1. The average molecular weight is 408 g/mol. The average Bonchev–Trinajstić information content (AvgIpc) is 3.24. The molecular formula is C23H29N5O2. The van der Waals surface area contributed by atoms with Crippen LogP contribution >= 0.6 is 0 Å². The van der Waals surface area contributed by atoms with E-state index in [1.54, 1.807) is 4.90 Å². The van der Waals surface area contributed by atoms with Crippen molar-refractivity contribution in [2.24, 2.45) is 10.9 Å². The van der Waals surface area contributed by atoms with Gasteiger partial charge in [0.05, 0.1) is 12.6 Å². The third-order valence-corrected chi connectivity index (χ3v) is 5.41. The zero-order chi connectivity index (χ0) is 21.1. The Morgan fingerprint density at radius 3 is 2.40 bits per heavy atom. The number of aromatic nitrogens is 2. The largest absolute Gasteiger partial charge is 0.444 e. The lowest BCUT2D eigenvalue weighted by atomic mass is 9.95. The molecular weight excluding hydrogens is 378 g/mol. The van der Waals surface area contributed by atoms with E-state index in [0.29, 0.717) is 25.6 Å². The number of hydrogen-bond donors (Lipinski definition) is 1. The van der Waals surface area contributed by atoms with Crippen LogP contribution in [0, 0.1) is 5.92 Å². The SMILES string of the molecule is CC(C)(C)OC(=O)N1CCC(C2=NCC(c3cnc(-c4ccccc4)nc3)N2)CC1. The minimum Gasteiger partial charge on any atom is -0.444 e. The lowest BCUT2D eigenvalue weighted by molar-refractivity contribution is 0.0201. The van der Waals surface area contributed by atoms with Crippen LogP contribution < -0.4 is 5.32 Å². The molecule has 2 aromatic rings. The van der Waals surface area contributed by atoms with Crippen LogP contribution in [-0.2, 0) is 4.74 Å². The first kappa shape index (κ1) is 20.3. The summed E-state index contributed by atoms with van der Waals surface area (Å²) >= 11 is 0. The molecule has 0 spiro atoms. The fraction of sp³-hybridized carbons (Fsp3) is 0.478. The predicted molar refractivity (Wildman–Crippen MR) is 116 cm³/mol. The summed E-state index contributed by atoms with van der Waals surface area (Å²) in [6.45, 7) is 7.76. The van der Waals surface area contributed by atoms with E-state index in [0.717, 1.165) is 35.6 Å². The molecule has 7 heteroatoms. The Kier molecular flexibility index (Phi) is 5.70. The first-order valence-corrected chi connectivity index (χ1v) is 10.6. The summed E-state index contributed by atoms with van der Waals surface area (Å²) in [6.07, 6.45) is 5.33. The van der Waals surface area contributed by atoms with Crippen molar-refractivity contribution in [3.05, 3.63) is 48.3 Å². The van der Waals surface area contributed by atoms with Gasteiger partial charge in [-0.05, 0) is 33.6 Å². The van der Waals surface area contributed by atoms with E-state index in [1.165, 1.54) is 0 Å². The van der Waals surface area contributed by atoms with Gasteiger partial charge in [-0.2, -0.15) is 0 Å². The quantitative estimate of drug-likeness (QED) is 0.836. The summed E-state index contributed by atoms with van der Waals surface area (Å²) in [5, 5.41) is 3.55. The molecule has 3 heterocycles. The Hall–Kier alpha value is -2.96. The zero-order valence-corrected chi connectivity index (χ0v) is 17.8. The van der Waals surface area contributed by atoms with Gasteiger partial charge in [-0.1, -0.05) is 30.3 Å². The predicted octanol–water partition coefficient (Wildman–Crippen LogP) is 3.83. The van der Waals surface area contributed by atoms with E-state index in [4.69, 9.17) is 9.73 Å². The molecule has 7 nitrogen and oxygen atoms in total. The number of carbonyl (C=O) groups is 1. The standard InChI is InChI=1S/C23H29N5O2/c1-23(2,3)30-22(29)28-11-9-17(10-12-28)21-26-15-19(27-21)18-13-24-20(25-14-18)16-7-5-4-6-8-16/h4-8,13-14,17,19H,9-12,15H2,1-3H3,(H,26,27). The Bertz CT molecular complexity index is 897. The molecule has 158 valence electrons. The highest BCUT2D eigenvalue weighted by Gasteiger charge is 2.31. The van der Waals surface area contributed by atoms with Crippen molar-refractivity contribution >= 4 is 11.9 Å². The van der Waals surface area contributed by atoms with E-state index in [1.807, 2.05) is 63.5 Å². The lowest BCUT2D eigenvalue weighted by Gasteiger charge is -2.33. The van der Waals surface area contributed by atoms with Gasteiger partial charge >= 0.3 is 6.09 Å². The molecule has 0 radical (unpaired) electrons. The molecule has 1 aromatic heterocycles. The fourth-order valence-electron chi connectivity index (χ4n) is 3.81. The minimum absolute atomic E-state index is 0.105. The molecule has 0 bridgehead atoms. The maximum Gasteiger partial charge on any atom is 0.410 e. The van der Waals surface area contributed by atoms with Gasteiger partial charge in [0.2, 0.25) is 0 Å². The normalized spacial score (nSPS) is 19.9. The number of hydrogen-bond acceptors (Lipinski definition) is 6. The molecule has 1 saturated heterocycles. The van der Waals surface area contributed by atoms with E-state index in [9.17, 15) is 4.79 Å². The lowest BCUT2D eigenvalue weighted by Crippen LogP contribution is -2.44. The summed E-state index contributed by atoms with van der Waals surface area (Å²) in [5.74, 6) is 2.11. The molecule has 0 aliphatic carbocycles. The van der Waals surface area contributed by atoms with Crippen molar-refractivity contribution in [2.45, 2.75) is 45.3 Å². The van der Waals surface area contributed by atoms with E-state index < -0.39 is 5.60 Å². The van der Waals surface area contributed by atoms with Gasteiger partial charge in [0.15, 0.2) is 5.82 Å². The maximum atomic E-state index is 12.3. The topological polar surface area (TPSA) is 79.7 Å². The number of nitrogens with zero attached hydrogens (tertiary/aromatic N) is 4. The highest BCUT2D eigenvalue weighted by molar-refractivity contribution is 5.87. The van der Waals surface area contributed by atoms with Gasteiger partial charge in [0.25, 0.3) is 0 Å². The van der Waals surface area contributed by atoms with Crippen molar-refractivity contribution in [2.75, 3.05) is 19.6 Å². The van der Waals surface area contributed by atoms with Crippen molar-refractivity contribution in [1.82, 2.24) is 20.2 Å². The number of ether oxygens (including phenoxy) is 1. The van der Waals surface area contributed by atoms with Crippen LogP contribution in [0.2, 0.25) is 0 Å². The van der Waals surface area contributed by atoms with Gasteiger partial charge in [-0.15, -0.1) is 0 Å². The van der Waals surface area contributed by atoms with Crippen molar-refractivity contribution in [3.63, 3.8) is 0 Å². The number of rotatable bonds is 3. The van der Waals surface area contributed by atoms with Gasteiger partial charge in [0, 0.05) is 42.5 Å². The van der Waals surface area contributed by atoms with E-state index in [-0.39, 0.29) is 12.1 Å². The van der Waals surface area contributed by atoms with Crippen LogP contribution in [0.5, 0.6) is 0 Å². The monoisotopic (exact) mass is 407 g/mol. The number of nitrogens with one attached hydrogen (secondary N) is 1. The fourth-order valence-corrected chi connectivity index (χ4v) is 3.81. The Balaban J connectivity index is 1.30. The van der Waals surface area contributed by atoms with Crippen LogP contribution in [0.4, 0.5) is 4.79 Å². The number of amidine groups is 1. The zero-order valence-electron chi connectivity index (χ0n) is 17.8. The van der Waals surface area contributed by atoms with Crippen LogP contribution in [-0.4, -0.2) is 52.0 Å². The molecule has 1 N–H and O–H groups in total. The molecule has 4 rings (SSSR count). The van der Waals surface area contributed by atoms with Crippen LogP contribution in [0.1, 0.15) is 45.2 Å². The van der Waals surface area contributed by atoms with Crippen LogP contribution in [0.3, 0.4) is 0 Å². The molecule has 1 aromatic carbocycles. The first-order chi connectivity index (χ1) is 14.4. The summed E-state index contributed by atoms with van der Waals surface area (Å²) in [5.41, 5.74) is 1.59. The molecule has 2 aliphatic heterocycles. The molecule has 30 heavy (non-hydrogen) atoms. The number of piperidine rings is 1. The molecule has 1 unspecified atom stereocenters. The Morgan fingerprint density at radius 1 is 1.10 bits per heavy atom. The number of aliphatic imine (C=N–C) groups is 1. The maximum absolute atomic E-state index is 12.3. The van der Waals surface area contributed by atoms with E-state index >= 15 is 0 Å². The Morgan fingerprint density at radius 2 is 1.77 bits per heavy atom. The highest BCUT2D eigenvalue weighted by atomic mass is 16.6. The van der Waals surface area contributed by atoms with Crippen molar-refractivity contribution in [1.29, 1.82) is 0 Å². The summed E-state index contributed by atoms with van der Waals surface area (Å²) < 4.78 is 5.48. The van der Waals surface area contributed by atoms with E-state index in [2.05, 4.69) is 15.3 Å². The highest BCUT2D eigenvalue weighted by Crippen LogP contribution is 2.25. The van der Waals surface area contributed by atoms with Crippen molar-refractivity contribution in [3.8, 4) is 11.4 Å². The third-order valence-electron chi connectivity index (χ3n) is 5.41. The smallest absolute Gasteiger partial charge is 0.410 e. The number of likely N-dealkylation sites (tertiary alicyclic amines) is 1. The van der Waals surface area contributed by atoms with Gasteiger partial charge in [0.1, 0.15) is 11.4 Å². The summed E-state index contributed by atoms with van der Waals surface area (Å²) in [7, 11) is 0. The summed E-state index contributed by atoms with van der Waals surface area (Å²) in [6, 6.07) is 10.1. The van der Waals surface area contributed by atoms with Gasteiger partial charge < -0.3 is 15.0 Å². The van der Waals surface area contributed by atoms with Gasteiger partial charge in [-0.25, -0.2) is 14.8 Å². The van der Waals surface area contributed by atoms with Gasteiger partial charge in [-0.3, -0.25) is 4.99 Å². The minimum atomic E-state index is -0.462.